The molecule has 0 unspecified atom stereocenters. The van der Waals surface area contributed by atoms with Crippen LogP contribution in [0.3, 0.4) is 0 Å². The lowest BCUT2D eigenvalue weighted by atomic mass is 9.94. The highest BCUT2D eigenvalue weighted by molar-refractivity contribution is 5.40. The molecule has 2 heteroatoms. The van der Waals surface area contributed by atoms with Crippen LogP contribution in [0, 0.1) is 0 Å². The lowest BCUT2D eigenvalue weighted by Crippen LogP contribution is -2.33. The zero-order chi connectivity index (χ0) is 12.3. The first kappa shape index (κ1) is 12.4. The molecule has 0 saturated heterocycles. The molecule has 1 heterocycles. The molecule has 1 saturated carbocycles. The molecule has 0 amide bonds. The summed E-state index contributed by atoms with van der Waals surface area (Å²) in [6, 6.07) is 5.08. The van der Waals surface area contributed by atoms with Gasteiger partial charge in [0.15, 0.2) is 0 Å². The summed E-state index contributed by atoms with van der Waals surface area (Å²) in [7, 11) is 2.19. The minimum absolute atomic E-state index is 0.566. The molecule has 1 fully saturated rings. The van der Waals surface area contributed by atoms with Gasteiger partial charge in [-0.15, -0.1) is 0 Å². The molecular weight excluding hydrogens is 208 g/mol. The molecule has 2 rings (SSSR count). The van der Waals surface area contributed by atoms with Gasteiger partial charge in [-0.3, -0.25) is 0 Å². The maximum absolute atomic E-state index is 4.60. The van der Waals surface area contributed by atoms with Crippen LogP contribution in [-0.4, -0.2) is 18.1 Å². The van der Waals surface area contributed by atoms with Gasteiger partial charge in [0.2, 0.25) is 0 Å². The standard InChI is InChI=1S/C15H24N2/c1-12(2)13-9-10-15(16-11-13)17(3)14-7-5-4-6-8-14/h9-12,14H,4-8H2,1-3H3. The highest BCUT2D eigenvalue weighted by Gasteiger charge is 2.18. The van der Waals surface area contributed by atoms with Crippen LogP contribution in [0.2, 0.25) is 0 Å². The highest BCUT2D eigenvalue weighted by Crippen LogP contribution is 2.25. The van der Waals surface area contributed by atoms with Gasteiger partial charge in [0.1, 0.15) is 5.82 Å². The molecule has 2 nitrogen and oxygen atoms in total. The summed E-state index contributed by atoms with van der Waals surface area (Å²) in [5.41, 5.74) is 1.32. The van der Waals surface area contributed by atoms with E-state index in [1.54, 1.807) is 0 Å². The van der Waals surface area contributed by atoms with E-state index >= 15 is 0 Å². The van der Waals surface area contributed by atoms with Crippen molar-refractivity contribution < 1.29 is 0 Å². The smallest absolute Gasteiger partial charge is 0.128 e. The van der Waals surface area contributed by atoms with Crippen LogP contribution in [0.5, 0.6) is 0 Å². The van der Waals surface area contributed by atoms with Crippen molar-refractivity contribution in [1.29, 1.82) is 0 Å². The molecule has 17 heavy (non-hydrogen) atoms. The van der Waals surface area contributed by atoms with Gasteiger partial charge in [-0.25, -0.2) is 4.98 Å². The molecule has 1 aromatic rings. The van der Waals surface area contributed by atoms with Gasteiger partial charge in [0.05, 0.1) is 0 Å². The first-order chi connectivity index (χ1) is 8.18. The van der Waals surface area contributed by atoms with E-state index in [-0.39, 0.29) is 0 Å². The van der Waals surface area contributed by atoms with E-state index in [1.807, 2.05) is 6.20 Å². The third-order valence-electron chi connectivity index (χ3n) is 3.92. The average Bonchev–Trinajstić information content (AvgIpc) is 2.39. The Balaban J connectivity index is 2.05. The Morgan fingerprint density at radius 2 is 1.88 bits per heavy atom. The molecule has 0 atom stereocenters. The summed E-state index contributed by atoms with van der Waals surface area (Å²) < 4.78 is 0. The quantitative estimate of drug-likeness (QED) is 0.783. The summed E-state index contributed by atoms with van der Waals surface area (Å²) in [4.78, 5) is 6.97. The number of nitrogens with zero attached hydrogens (tertiary/aromatic N) is 2. The van der Waals surface area contributed by atoms with Gasteiger partial charge >= 0.3 is 0 Å². The van der Waals surface area contributed by atoms with Crippen molar-refractivity contribution in [3.8, 4) is 0 Å². The third kappa shape index (κ3) is 2.99. The fraction of sp³-hybridized carbons (Fsp3) is 0.667. The van der Waals surface area contributed by atoms with Crippen molar-refractivity contribution >= 4 is 5.82 Å². The Morgan fingerprint density at radius 1 is 1.18 bits per heavy atom. The van der Waals surface area contributed by atoms with Crippen molar-refractivity contribution in [3.05, 3.63) is 23.9 Å². The molecule has 0 bridgehead atoms. The van der Waals surface area contributed by atoms with E-state index in [1.165, 1.54) is 37.7 Å². The number of aromatic nitrogens is 1. The lowest BCUT2D eigenvalue weighted by molar-refractivity contribution is 0.426. The number of anilines is 1. The van der Waals surface area contributed by atoms with Gasteiger partial charge < -0.3 is 4.90 Å². The second kappa shape index (κ2) is 5.52. The van der Waals surface area contributed by atoms with Gasteiger partial charge in [-0.1, -0.05) is 39.2 Å². The van der Waals surface area contributed by atoms with Gasteiger partial charge in [0, 0.05) is 19.3 Å². The summed E-state index contributed by atoms with van der Waals surface area (Å²) >= 11 is 0. The molecule has 0 aromatic carbocycles. The molecule has 0 radical (unpaired) electrons. The Hall–Kier alpha value is -1.05. The maximum atomic E-state index is 4.60. The van der Waals surface area contributed by atoms with Crippen LogP contribution >= 0.6 is 0 Å². The van der Waals surface area contributed by atoms with E-state index < -0.39 is 0 Å². The second-order valence-electron chi connectivity index (χ2n) is 5.51. The van der Waals surface area contributed by atoms with E-state index in [2.05, 4.69) is 42.9 Å². The van der Waals surface area contributed by atoms with Crippen molar-refractivity contribution in [3.63, 3.8) is 0 Å². The number of hydrogen-bond donors (Lipinski definition) is 0. The molecule has 1 aliphatic carbocycles. The van der Waals surface area contributed by atoms with Crippen LogP contribution in [0.25, 0.3) is 0 Å². The zero-order valence-corrected chi connectivity index (χ0v) is 11.3. The monoisotopic (exact) mass is 232 g/mol. The van der Waals surface area contributed by atoms with Crippen LogP contribution < -0.4 is 4.90 Å². The minimum Gasteiger partial charge on any atom is -0.357 e. The normalized spacial score (nSPS) is 17.4. The van der Waals surface area contributed by atoms with Crippen molar-refractivity contribution in [2.75, 3.05) is 11.9 Å². The molecule has 1 aliphatic rings. The second-order valence-corrected chi connectivity index (χ2v) is 5.51. The predicted octanol–water partition coefficient (Wildman–Crippen LogP) is 3.97. The first-order valence-electron chi connectivity index (χ1n) is 6.87. The summed E-state index contributed by atoms with van der Waals surface area (Å²) in [6.07, 6.45) is 8.83. The fourth-order valence-electron chi connectivity index (χ4n) is 2.60. The molecule has 94 valence electrons. The molecule has 0 aliphatic heterocycles. The van der Waals surface area contributed by atoms with Gasteiger partial charge in [0.25, 0.3) is 0 Å². The molecule has 0 spiro atoms. The van der Waals surface area contributed by atoms with Crippen molar-refractivity contribution in [2.45, 2.75) is 57.9 Å². The summed E-state index contributed by atoms with van der Waals surface area (Å²) in [5.74, 6) is 1.69. The minimum atomic E-state index is 0.566. The van der Waals surface area contributed by atoms with Gasteiger partial charge in [-0.2, -0.15) is 0 Å². The Bertz CT molecular complexity index is 336. The topological polar surface area (TPSA) is 16.1 Å². The van der Waals surface area contributed by atoms with Crippen LogP contribution in [-0.2, 0) is 0 Å². The first-order valence-corrected chi connectivity index (χ1v) is 6.87. The van der Waals surface area contributed by atoms with Crippen LogP contribution in [0.15, 0.2) is 18.3 Å². The Labute approximate surface area is 105 Å². The summed E-state index contributed by atoms with van der Waals surface area (Å²) in [6.45, 7) is 4.42. The third-order valence-corrected chi connectivity index (χ3v) is 3.92. The van der Waals surface area contributed by atoms with E-state index in [4.69, 9.17) is 0 Å². The Morgan fingerprint density at radius 3 is 2.41 bits per heavy atom. The number of hydrogen-bond acceptors (Lipinski definition) is 2. The summed E-state index contributed by atoms with van der Waals surface area (Å²) in [5, 5.41) is 0. The van der Waals surface area contributed by atoms with Crippen LogP contribution in [0.4, 0.5) is 5.82 Å². The largest absolute Gasteiger partial charge is 0.357 e. The number of rotatable bonds is 3. The lowest BCUT2D eigenvalue weighted by Gasteiger charge is -2.32. The highest BCUT2D eigenvalue weighted by atomic mass is 15.2. The fourth-order valence-corrected chi connectivity index (χ4v) is 2.60. The average molecular weight is 232 g/mol. The molecular formula is C15H24N2. The number of pyridine rings is 1. The predicted molar refractivity (Wildman–Crippen MR) is 73.6 cm³/mol. The van der Waals surface area contributed by atoms with E-state index in [0.29, 0.717) is 12.0 Å². The van der Waals surface area contributed by atoms with E-state index in [9.17, 15) is 0 Å². The SMILES string of the molecule is CC(C)c1ccc(N(C)C2CCCCC2)nc1. The molecule has 1 aromatic heterocycles. The Kier molecular flexibility index (Phi) is 4.03. The van der Waals surface area contributed by atoms with Crippen molar-refractivity contribution in [2.24, 2.45) is 0 Å². The molecule has 0 N–H and O–H groups in total. The van der Waals surface area contributed by atoms with Crippen molar-refractivity contribution in [1.82, 2.24) is 4.98 Å². The van der Waals surface area contributed by atoms with Crippen LogP contribution in [0.1, 0.15) is 57.4 Å². The zero-order valence-electron chi connectivity index (χ0n) is 11.3. The van der Waals surface area contributed by atoms with E-state index in [0.717, 1.165) is 5.82 Å². The van der Waals surface area contributed by atoms with Gasteiger partial charge in [-0.05, 0) is 30.4 Å². The maximum Gasteiger partial charge on any atom is 0.128 e.